The molecule has 0 aliphatic rings. The summed E-state index contributed by atoms with van der Waals surface area (Å²) in [5, 5.41) is 23.3. The van der Waals surface area contributed by atoms with Crippen LogP contribution in [0.1, 0.15) is 13.0 Å². The molecule has 0 saturated carbocycles. The number of carbonyl (C=O) groups is 2. The van der Waals surface area contributed by atoms with Gasteiger partial charge in [-0.2, -0.15) is 5.10 Å². The van der Waals surface area contributed by atoms with Gasteiger partial charge in [-0.1, -0.05) is 0 Å². The van der Waals surface area contributed by atoms with E-state index >= 15 is 0 Å². The predicted molar refractivity (Wildman–Crippen MR) is 51.4 cm³/mol. The van der Waals surface area contributed by atoms with Crippen molar-refractivity contribution in [3.8, 4) is 0 Å². The third kappa shape index (κ3) is 2.76. The molecule has 1 aromatic heterocycles. The first-order valence-corrected chi connectivity index (χ1v) is 4.54. The van der Waals surface area contributed by atoms with E-state index in [1.807, 2.05) is 0 Å². The van der Waals surface area contributed by atoms with Crippen LogP contribution in [0, 0.1) is 0 Å². The minimum atomic E-state index is -1.31. The average molecular weight is 228 g/mol. The summed E-state index contributed by atoms with van der Waals surface area (Å²) in [6, 6.07) is -1.99. The molecule has 0 spiro atoms. The molecule has 1 heterocycles. The maximum Gasteiger partial charge on any atom is 0.328 e. The van der Waals surface area contributed by atoms with E-state index in [1.165, 1.54) is 17.3 Å². The van der Waals surface area contributed by atoms with Gasteiger partial charge in [-0.25, -0.2) is 14.5 Å². The third-order valence-corrected chi connectivity index (χ3v) is 2.01. The van der Waals surface area contributed by atoms with Crippen molar-refractivity contribution in [1.29, 1.82) is 0 Å². The summed E-state index contributed by atoms with van der Waals surface area (Å²) in [5.41, 5.74) is 0. The molecule has 0 radical (unpaired) electrons. The molecular weight excluding hydrogens is 216 g/mol. The van der Waals surface area contributed by atoms with Crippen LogP contribution in [0.25, 0.3) is 0 Å². The summed E-state index contributed by atoms with van der Waals surface area (Å²) >= 11 is 0. The number of aliphatic hydroxyl groups is 1. The molecule has 0 aromatic carbocycles. The molecule has 3 N–H and O–H groups in total. The van der Waals surface area contributed by atoms with Crippen LogP contribution in [-0.2, 0) is 9.59 Å². The Morgan fingerprint density at radius 3 is 2.69 bits per heavy atom. The first-order chi connectivity index (χ1) is 7.56. The van der Waals surface area contributed by atoms with E-state index in [0.29, 0.717) is 0 Å². The smallest absolute Gasteiger partial charge is 0.328 e. The Bertz CT molecular complexity index is 364. The molecule has 16 heavy (non-hydrogen) atoms. The Labute approximate surface area is 90.9 Å². The molecule has 1 amide bonds. The molecule has 0 bridgehead atoms. The first-order valence-electron chi connectivity index (χ1n) is 4.54. The van der Waals surface area contributed by atoms with Crippen LogP contribution >= 0.6 is 0 Å². The molecular formula is C8H12N4O4. The van der Waals surface area contributed by atoms with Crippen molar-refractivity contribution in [2.24, 2.45) is 0 Å². The molecule has 8 nitrogen and oxygen atoms in total. The Balaban J connectivity index is 2.61. The number of carboxylic acids is 1. The molecule has 1 rings (SSSR count). The largest absolute Gasteiger partial charge is 0.480 e. The summed E-state index contributed by atoms with van der Waals surface area (Å²) in [6.45, 7) is 0.880. The number of rotatable bonds is 5. The van der Waals surface area contributed by atoms with Crippen LogP contribution < -0.4 is 5.32 Å². The second-order valence-electron chi connectivity index (χ2n) is 3.13. The highest BCUT2D eigenvalue weighted by atomic mass is 16.4. The summed E-state index contributed by atoms with van der Waals surface area (Å²) in [4.78, 5) is 25.8. The van der Waals surface area contributed by atoms with Gasteiger partial charge in [0.2, 0.25) is 5.91 Å². The fraction of sp³-hybridized carbons (Fsp3) is 0.500. The highest BCUT2D eigenvalue weighted by Crippen LogP contribution is 2.02. The molecule has 0 aliphatic heterocycles. The number of carboxylic acid groups (broad SMARTS) is 1. The van der Waals surface area contributed by atoms with Crippen molar-refractivity contribution in [3.05, 3.63) is 12.7 Å². The number of aliphatic hydroxyl groups excluding tert-OH is 1. The minimum Gasteiger partial charge on any atom is -0.480 e. The lowest BCUT2D eigenvalue weighted by molar-refractivity contribution is -0.143. The summed E-state index contributed by atoms with van der Waals surface area (Å²) in [5.74, 6) is -1.84. The number of hydrogen-bond acceptors (Lipinski definition) is 5. The van der Waals surface area contributed by atoms with Gasteiger partial charge >= 0.3 is 5.97 Å². The van der Waals surface area contributed by atoms with Crippen molar-refractivity contribution < 1.29 is 19.8 Å². The Kier molecular flexibility index (Phi) is 3.95. The fourth-order valence-electron chi connectivity index (χ4n) is 1.02. The minimum absolute atomic E-state index is 0.549. The van der Waals surface area contributed by atoms with Crippen LogP contribution in [0.5, 0.6) is 0 Å². The normalized spacial score (nSPS) is 14.1. The Morgan fingerprint density at radius 2 is 2.25 bits per heavy atom. The monoisotopic (exact) mass is 228 g/mol. The molecule has 88 valence electrons. The van der Waals surface area contributed by atoms with Crippen LogP contribution in [0.2, 0.25) is 0 Å². The molecule has 2 atom stereocenters. The molecule has 0 fully saturated rings. The molecule has 0 saturated heterocycles. The van der Waals surface area contributed by atoms with Gasteiger partial charge in [0.05, 0.1) is 6.61 Å². The Hall–Kier alpha value is -1.96. The van der Waals surface area contributed by atoms with Crippen molar-refractivity contribution in [1.82, 2.24) is 20.1 Å². The zero-order chi connectivity index (χ0) is 12.1. The number of nitrogens with zero attached hydrogens (tertiary/aromatic N) is 3. The lowest BCUT2D eigenvalue weighted by Crippen LogP contribution is -2.45. The van der Waals surface area contributed by atoms with Crippen LogP contribution in [-0.4, -0.2) is 49.5 Å². The second-order valence-corrected chi connectivity index (χ2v) is 3.13. The van der Waals surface area contributed by atoms with E-state index in [1.54, 1.807) is 6.92 Å². The van der Waals surface area contributed by atoms with E-state index < -0.39 is 30.6 Å². The third-order valence-electron chi connectivity index (χ3n) is 2.01. The summed E-state index contributed by atoms with van der Waals surface area (Å²) < 4.78 is 1.28. The Morgan fingerprint density at radius 1 is 1.56 bits per heavy atom. The van der Waals surface area contributed by atoms with Gasteiger partial charge in [-0.05, 0) is 6.92 Å². The van der Waals surface area contributed by atoms with Crippen LogP contribution in [0.4, 0.5) is 0 Å². The number of hydrogen-bond donors (Lipinski definition) is 3. The highest BCUT2D eigenvalue weighted by Gasteiger charge is 2.23. The SMILES string of the molecule is CC(C(=O)N[C@H](CO)C(=O)O)n1cncn1. The predicted octanol–water partition coefficient (Wildman–Crippen LogP) is -1.60. The maximum atomic E-state index is 11.5. The van der Waals surface area contributed by atoms with Crippen molar-refractivity contribution in [2.75, 3.05) is 6.61 Å². The average Bonchev–Trinajstić information content (AvgIpc) is 2.77. The van der Waals surface area contributed by atoms with Gasteiger partial charge < -0.3 is 15.5 Å². The second kappa shape index (κ2) is 5.21. The molecule has 1 unspecified atom stereocenters. The lowest BCUT2D eigenvalue weighted by Gasteiger charge is -2.15. The maximum absolute atomic E-state index is 11.5. The van der Waals surface area contributed by atoms with Crippen molar-refractivity contribution in [3.63, 3.8) is 0 Å². The first kappa shape index (κ1) is 12.1. The molecule has 1 aromatic rings. The zero-order valence-corrected chi connectivity index (χ0v) is 8.57. The van der Waals surface area contributed by atoms with Gasteiger partial charge in [0, 0.05) is 0 Å². The molecule has 8 heteroatoms. The van der Waals surface area contributed by atoms with Crippen LogP contribution in [0.15, 0.2) is 12.7 Å². The fourth-order valence-corrected chi connectivity index (χ4v) is 1.02. The van der Waals surface area contributed by atoms with Crippen molar-refractivity contribution in [2.45, 2.75) is 19.0 Å². The summed E-state index contributed by atoms with van der Waals surface area (Å²) in [6.07, 6.45) is 2.61. The standard InChI is InChI=1S/C8H12N4O4/c1-5(12-4-9-3-10-12)7(14)11-6(2-13)8(15)16/h3-6,13H,2H2,1H3,(H,11,14)(H,15,16)/t5?,6-/m1/s1. The van der Waals surface area contributed by atoms with E-state index in [2.05, 4.69) is 15.4 Å². The quantitative estimate of drug-likeness (QED) is 0.558. The van der Waals surface area contributed by atoms with E-state index in [0.717, 1.165) is 0 Å². The molecule has 0 aliphatic carbocycles. The van der Waals surface area contributed by atoms with Gasteiger partial charge in [-0.3, -0.25) is 4.79 Å². The number of aliphatic carboxylic acids is 1. The highest BCUT2D eigenvalue weighted by molar-refractivity contribution is 5.85. The lowest BCUT2D eigenvalue weighted by atomic mass is 10.2. The van der Waals surface area contributed by atoms with E-state index in [4.69, 9.17) is 10.2 Å². The van der Waals surface area contributed by atoms with Gasteiger partial charge in [0.1, 0.15) is 24.7 Å². The van der Waals surface area contributed by atoms with E-state index in [9.17, 15) is 9.59 Å². The van der Waals surface area contributed by atoms with Gasteiger partial charge in [-0.15, -0.1) is 0 Å². The van der Waals surface area contributed by atoms with Gasteiger partial charge in [0.25, 0.3) is 0 Å². The van der Waals surface area contributed by atoms with Crippen LogP contribution in [0.3, 0.4) is 0 Å². The number of carbonyl (C=O) groups excluding carboxylic acids is 1. The number of nitrogens with one attached hydrogen (secondary N) is 1. The van der Waals surface area contributed by atoms with Gasteiger partial charge in [0.15, 0.2) is 0 Å². The number of amides is 1. The number of aromatic nitrogens is 3. The zero-order valence-electron chi connectivity index (χ0n) is 8.57. The summed E-state index contributed by atoms with van der Waals surface area (Å²) in [7, 11) is 0. The van der Waals surface area contributed by atoms with E-state index in [-0.39, 0.29) is 0 Å². The topological polar surface area (TPSA) is 117 Å². The van der Waals surface area contributed by atoms with Crippen molar-refractivity contribution >= 4 is 11.9 Å².